The van der Waals surface area contributed by atoms with Gasteiger partial charge in [-0.25, -0.2) is 9.37 Å². The average molecular weight is 361 g/mol. The topological polar surface area (TPSA) is 57.8 Å². The van der Waals surface area contributed by atoms with Crippen molar-refractivity contribution >= 4 is 22.0 Å². The molecule has 3 aromatic rings. The predicted octanol–water partition coefficient (Wildman–Crippen LogP) is 2.76. The highest BCUT2D eigenvalue weighted by Crippen LogP contribution is 2.21. The second kappa shape index (κ2) is 7.33. The molecule has 0 saturated carbocycles. The molecular weight excluding hydrogens is 341 g/mol. The van der Waals surface area contributed by atoms with Crippen LogP contribution in [0.25, 0.3) is 4.96 Å². The number of rotatable bonds is 6. The number of benzene rings is 1. The quantitative estimate of drug-likeness (QED) is 0.733. The van der Waals surface area contributed by atoms with E-state index in [9.17, 15) is 14.3 Å². The van der Waals surface area contributed by atoms with Crippen molar-refractivity contribution in [3.8, 4) is 0 Å². The number of aliphatic hydroxyl groups is 1. The number of fused-ring (bicyclic) bond motifs is 1. The predicted molar refractivity (Wildman–Crippen MR) is 98.0 cm³/mol. The summed E-state index contributed by atoms with van der Waals surface area (Å²) >= 11 is 1.45. The van der Waals surface area contributed by atoms with Crippen LogP contribution in [0.3, 0.4) is 0 Å². The van der Waals surface area contributed by atoms with E-state index in [2.05, 4.69) is 4.98 Å². The zero-order valence-corrected chi connectivity index (χ0v) is 15.0. The van der Waals surface area contributed by atoms with E-state index in [0.29, 0.717) is 30.2 Å². The number of aryl methyl sites for hydroxylation is 1. The van der Waals surface area contributed by atoms with Gasteiger partial charge in [-0.1, -0.05) is 0 Å². The summed E-state index contributed by atoms with van der Waals surface area (Å²) in [7, 11) is 0. The van der Waals surface area contributed by atoms with Gasteiger partial charge < -0.3 is 10.0 Å². The molecule has 5 nitrogen and oxygen atoms in total. The first-order valence-corrected chi connectivity index (χ1v) is 8.97. The molecule has 0 radical (unpaired) electrons. The summed E-state index contributed by atoms with van der Waals surface area (Å²) in [6, 6.07) is 7.82. The van der Waals surface area contributed by atoms with Crippen molar-refractivity contribution in [2.75, 3.05) is 18.1 Å². The minimum atomic E-state index is -0.275. The highest BCUT2D eigenvalue weighted by Gasteiger charge is 2.14. The number of thiazole rings is 1. The third-order valence-electron chi connectivity index (χ3n) is 4.14. The number of halogens is 1. The van der Waals surface area contributed by atoms with E-state index in [1.165, 1.54) is 29.5 Å². The van der Waals surface area contributed by atoms with Gasteiger partial charge in [0.1, 0.15) is 5.82 Å². The van der Waals surface area contributed by atoms with Gasteiger partial charge in [0, 0.05) is 41.9 Å². The summed E-state index contributed by atoms with van der Waals surface area (Å²) in [5, 5.41) is 9.20. The second-order valence-electron chi connectivity index (χ2n) is 5.77. The van der Waals surface area contributed by atoms with E-state index < -0.39 is 0 Å². The van der Waals surface area contributed by atoms with Crippen molar-refractivity contribution in [1.82, 2.24) is 9.38 Å². The van der Waals surface area contributed by atoms with Gasteiger partial charge in [0.25, 0.3) is 5.56 Å². The van der Waals surface area contributed by atoms with E-state index in [1.807, 2.05) is 18.7 Å². The summed E-state index contributed by atoms with van der Waals surface area (Å²) < 4.78 is 14.7. The van der Waals surface area contributed by atoms with E-state index in [-0.39, 0.29) is 18.0 Å². The fourth-order valence-corrected chi connectivity index (χ4v) is 3.92. The standard InChI is InChI=1S/C18H20FN3O2S/c1-3-21(15-6-4-13(19)5-7-15)11-14-10-17(24)22-16(8-9-23)12(2)25-18(22)20-14/h4-7,10,23H,3,8-9,11H2,1-2H3. The Labute approximate surface area is 149 Å². The van der Waals surface area contributed by atoms with Crippen LogP contribution in [0.5, 0.6) is 0 Å². The van der Waals surface area contributed by atoms with E-state index >= 15 is 0 Å². The van der Waals surface area contributed by atoms with Crippen LogP contribution >= 0.6 is 11.3 Å². The van der Waals surface area contributed by atoms with Crippen LogP contribution in [0.4, 0.5) is 10.1 Å². The lowest BCUT2D eigenvalue weighted by Gasteiger charge is -2.22. The van der Waals surface area contributed by atoms with Crippen LogP contribution in [0.1, 0.15) is 23.2 Å². The van der Waals surface area contributed by atoms with Crippen molar-refractivity contribution in [3.63, 3.8) is 0 Å². The first-order chi connectivity index (χ1) is 12.0. The first kappa shape index (κ1) is 17.6. The molecule has 7 heteroatoms. The number of aromatic nitrogens is 2. The van der Waals surface area contributed by atoms with Gasteiger partial charge in [-0.2, -0.15) is 0 Å². The molecule has 2 heterocycles. The largest absolute Gasteiger partial charge is 0.396 e. The Morgan fingerprint density at radius 3 is 2.68 bits per heavy atom. The Hall–Kier alpha value is -2.25. The van der Waals surface area contributed by atoms with Gasteiger partial charge >= 0.3 is 0 Å². The minimum Gasteiger partial charge on any atom is -0.396 e. The van der Waals surface area contributed by atoms with Crippen molar-refractivity contribution < 1.29 is 9.50 Å². The zero-order valence-electron chi connectivity index (χ0n) is 14.2. The van der Waals surface area contributed by atoms with Crippen LogP contribution in [-0.4, -0.2) is 27.6 Å². The second-order valence-corrected chi connectivity index (χ2v) is 6.95. The van der Waals surface area contributed by atoms with Gasteiger partial charge in [-0.05, 0) is 38.1 Å². The lowest BCUT2D eigenvalue weighted by molar-refractivity contribution is 0.297. The van der Waals surface area contributed by atoms with Crippen LogP contribution < -0.4 is 10.5 Å². The molecule has 25 heavy (non-hydrogen) atoms. The molecule has 1 aromatic carbocycles. The monoisotopic (exact) mass is 361 g/mol. The Morgan fingerprint density at radius 1 is 1.32 bits per heavy atom. The lowest BCUT2D eigenvalue weighted by Crippen LogP contribution is -2.25. The summed E-state index contributed by atoms with van der Waals surface area (Å²) in [6.07, 6.45) is 0.434. The number of aliphatic hydroxyl groups excluding tert-OH is 1. The van der Waals surface area contributed by atoms with Crippen molar-refractivity contribution in [2.24, 2.45) is 0 Å². The maximum Gasteiger partial charge on any atom is 0.259 e. The van der Waals surface area contributed by atoms with Gasteiger partial charge in [0.2, 0.25) is 0 Å². The highest BCUT2D eigenvalue weighted by atomic mass is 32.1. The molecule has 0 fully saturated rings. The highest BCUT2D eigenvalue weighted by molar-refractivity contribution is 7.17. The maximum atomic E-state index is 13.1. The number of hydrogen-bond acceptors (Lipinski definition) is 5. The summed E-state index contributed by atoms with van der Waals surface area (Å²) in [4.78, 5) is 20.8. The molecule has 3 rings (SSSR count). The van der Waals surface area contributed by atoms with Crippen LogP contribution in [0.15, 0.2) is 35.1 Å². The average Bonchev–Trinajstić information content (AvgIpc) is 2.90. The van der Waals surface area contributed by atoms with Crippen LogP contribution in [-0.2, 0) is 13.0 Å². The normalized spacial score (nSPS) is 11.2. The Bertz CT molecular complexity index is 934. The molecule has 0 atom stereocenters. The van der Waals surface area contributed by atoms with Crippen LogP contribution in [0.2, 0.25) is 0 Å². The molecule has 0 saturated heterocycles. The third kappa shape index (κ3) is 3.57. The van der Waals surface area contributed by atoms with Gasteiger partial charge in [0.05, 0.1) is 12.2 Å². The molecule has 0 aliphatic rings. The summed E-state index contributed by atoms with van der Waals surface area (Å²) in [5.74, 6) is -0.275. The molecule has 0 spiro atoms. The molecule has 0 aliphatic heterocycles. The van der Waals surface area contributed by atoms with Crippen molar-refractivity contribution in [3.05, 3.63) is 62.8 Å². The molecule has 0 amide bonds. The SMILES string of the molecule is CCN(Cc1cc(=O)n2c(CCO)c(C)sc2n1)c1ccc(F)cc1. The molecular formula is C18H20FN3O2S. The fourth-order valence-electron chi connectivity index (χ4n) is 2.88. The summed E-state index contributed by atoms with van der Waals surface area (Å²) in [6.45, 7) is 5.12. The van der Waals surface area contributed by atoms with Gasteiger partial charge in [-0.15, -0.1) is 11.3 Å². The lowest BCUT2D eigenvalue weighted by atomic mass is 10.2. The number of nitrogens with zero attached hydrogens (tertiary/aromatic N) is 3. The Morgan fingerprint density at radius 2 is 2.04 bits per heavy atom. The van der Waals surface area contributed by atoms with Crippen molar-refractivity contribution in [2.45, 2.75) is 26.8 Å². The molecule has 2 aromatic heterocycles. The van der Waals surface area contributed by atoms with E-state index in [4.69, 9.17) is 0 Å². The minimum absolute atomic E-state index is 0.00492. The maximum absolute atomic E-state index is 13.1. The smallest absolute Gasteiger partial charge is 0.259 e. The molecule has 1 N–H and O–H groups in total. The Kier molecular flexibility index (Phi) is 5.15. The van der Waals surface area contributed by atoms with E-state index in [1.54, 1.807) is 16.5 Å². The molecule has 132 valence electrons. The first-order valence-electron chi connectivity index (χ1n) is 8.15. The van der Waals surface area contributed by atoms with Crippen LogP contribution in [0, 0.1) is 12.7 Å². The van der Waals surface area contributed by atoms with Gasteiger partial charge in [-0.3, -0.25) is 9.20 Å². The molecule has 0 aliphatic carbocycles. The number of hydrogen-bond donors (Lipinski definition) is 1. The Balaban J connectivity index is 1.96. The molecule has 0 bridgehead atoms. The molecule has 0 unspecified atom stereocenters. The number of anilines is 1. The van der Waals surface area contributed by atoms with E-state index in [0.717, 1.165) is 16.3 Å². The van der Waals surface area contributed by atoms with Crippen molar-refractivity contribution in [1.29, 1.82) is 0 Å². The third-order valence-corrected chi connectivity index (χ3v) is 5.13. The van der Waals surface area contributed by atoms with Gasteiger partial charge in [0.15, 0.2) is 4.96 Å². The fraction of sp³-hybridized carbons (Fsp3) is 0.333. The summed E-state index contributed by atoms with van der Waals surface area (Å²) in [5.41, 5.74) is 2.24. The zero-order chi connectivity index (χ0) is 18.0.